The molecule has 1 aromatic rings. The second-order valence-electron chi connectivity index (χ2n) is 8.19. The van der Waals surface area contributed by atoms with Gasteiger partial charge in [0.25, 0.3) is 0 Å². The summed E-state index contributed by atoms with van der Waals surface area (Å²) in [5.74, 6) is 1.63. The zero-order valence-electron chi connectivity index (χ0n) is 17.9. The van der Waals surface area contributed by atoms with E-state index >= 15 is 0 Å². The van der Waals surface area contributed by atoms with Crippen LogP contribution >= 0.6 is 35.3 Å². The van der Waals surface area contributed by atoms with Crippen molar-refractivity contribution in [1.29, 1.82) is 0 Å². The molecule has 5 nitrogen and oxygen atoms in total. The molecule has 2 rings (SSSR count). The summed E-state index contributed by atoms with van der Waals surface area (Å²) in [6.45, 7) is 12.3. The maximum Gasteiger partial charge on any atom is 0.191 e. The molecule has 0 saturated heterocycles. The van der Waals surface area contributed by atoms with Gasteiger partial charge in [-0.25, -0.2) is 4.98 Å². The number of nitrogens with one attached hydrogen (secondary N) is 2. The van der Waals surface area contributed by atoms with Crippen LogP contribution in [0.1, 0.15) is 71.0 Å². The lowest BCUT2D eigenvalue weighted by atomic mass is 9.93. The third-order valence-corrected chi connectivity index (χ3v) is 7.53. The Hall–Kier alpha value is -0.220. The van der Waals surface area contributed by atoms with Crippen molar-refractivity contribution >= 4 is 52.1 Å². The van der Waals surface area contributed by atoms with Crippen molar-refractivity contribution in [1.82, 2.24) is 15.6 Å². The monoisotopic (exact) mass is 540 g/mol. The van der Waals surface area contributed by atoms with Crippen LogP contribution < -0.4 is 10.6 Å². The van der Waals surface area contributed by atoms with Crippen LogP contribution in [0.5, 0.6) is 0 Å². The van der Waals surface area contributed by atoms with Crippen LogP contribution in [-0.4, -0.2) is 45.3 Å². The first kappa shape index (κ1) is 25.8. The number of rotatable bonds is 7. The Labute approximate surface area is 194 Å². The van der Waals surface area contributed by atoms with Crippen LogP contribution in [0.25, 0.3) is 0 Å². The summed E-state index contributed by atoms with van der Waals surface area (Å²) in [6, 6.07) is 0.365. The van der Waals surface area contributed by atoms with Crippen molar-refractivity contribution in [3.05, 3.63) is 16.1 Å². The van der Waals surface area contributed by atoms with Crippen LogP contribution in [0, 0.1) is 0 Å². The SMILES string of the molecule is CCNC(=NCCc1nc(C(C)(C)C)cs1)NC1CCCC(S(=O)CC)C1.I. The molecule has 0 amide bonds. The van der Waals surface area contributed by atoms with E-state index in [2.05, 4.69) is 43.7 Å². The van der Waals surface area contributed by atoms with Gasteiger partial charge < -0.3 is 10.6 Å². The highest BCUT2D eigenvalue weighted by Gasteiger charge is 2.26. The average Bonchev–Trinajstić information content (AvgIpc) is 3.11. The Morgan fingerprint density at radius 2 is 2.11 bits per heavy atom. The minimum absolute atomic E-state index is 0. The number of aromatic nitrogens is 1. The summed E-state index contributed by atoms with van der Waals surface area (Å²) in [4.78, 5) is 9.50. The van der Waals surface area contributed by atoms with E-state index in [4.69, 9.17) is 9.98 Å². The molecular formula is C20H37IN4OS2. The van der Waals surface area contributed by atoms with E-state index in [0.717, 1.165) is 67.6 Å². The van der Waals surface area contributed by atoms with Crippen LogP contribution in [0.3, 0.4) is 0 Å². The van der Waals surface area contributed by atoms with Crippen molar-refractivity contribution < 1.29 is 4.21 Å². The Kier molecular flexibility index (Phi) is 11.5. The Morgan fingerprint density at radius 3 is 2.71 bits per heavy atom. The highest BCUT2D eigenvalue weighted by molar-refractivity contribution is 14.0. The van der Waals surface area contributed by atoms with Crippen LogP contribution in [0.4, 0.5) is 0 Å². The second-order valence-corrected chi connectivity index (χ2v) is 11.1. The van der Waals surface area contributed by atoms with Crippen molar-refractivity contribution in [2.24, 2.45) is 4.99 Å². The van der Waals surface area contributed by atoms with Crippen LogP contribution in [0.15, 0.2) is 10.4 Å². The molecule has 1 aliphatic carbocycles. The lowest BCUT2D eigenvalue weighted by Gasteiger charge is -2.30. The van der Waals surface area contributed by atoms with Gasteiger partial charge in [0, 0.05) is 58.1 Å². The number of nitrogens with zero attached hydrogens (tertiary/aromatic N) is 2. The fraction of sp³-hybridized carbons (Fsp3) is 0.800. The van der Waals surface area contributed by atoms with Gasteiger partial charge >= 0.3 is 0 Å². The molecule has 0 aromatic carbocycles. The molecule has 28 heavy (non-hydrogen) atoms. The Morgan fingerprint density at radius 1 is 1.36 bits per heavy atom. The fourth-order valence-electron chi connectivity index (χ4n) is 3.30. The zero-order valence-corrected chi connectivity index (χ0v) is 21.9. The molecule has 3 atom stereocenters. The maximum atomic E-state index is 12.2. The molecular weight excluding hydrogens is 503 g/mol. The quantitative estimate of drug-likeness (QED) is 0.309. The molecule has 1 saturated carbocycles. The van der Waals surface area contributed by atoms with E-state index in [0.29, 0.717) is 11.3 Å². The van der Waals surface area contributed by atoms with E-state index in [1.54, 1.807) is 11.3 Å². The summed E-state index contributed by atoms with van der Waals surface area (Å²) in [7, 11) is -0.695. The lowest BCUT2D eigenvalue weighted by Crippen LogP contribution is -2.46. The topological polar surface area (TPSA) is 66.4 Å². The first-order chi connectivity index (χ1) is 12.8. The highest BCUT2D eigenvalue weighted by atomic mass is 127. The zero-order chi connectivity index (χ0) is 19.9. The van der Waals surface area contributed by atoms with E-state index in [1.807, 2.05) is 6.92 Å². The summed E-state index contributed by atoms with van der Waals surface area (Å²) in [6.07, 6.45) is 5.20. The van der Waals surface area contributed by atoms with E-state index in [1.165, 1.54) is 0 Å². The first-order valence-corrected chi connectivity index (χ1v) is 12.5. The van der Waals surface area contributed by atoms with Crippen molar-refractivity contribution in [2.45, 2.75) is 83.4 Å². The van der Waals surface area contributed by atoms with Crippen molar-refractivity contribution in [2.75, 3.05) is 18.8 Å². The predicted molar refractivity (Wildman–Crippen MR) is 134 cm³/mol. The van der Waals surface area contributed by atoms with Gasteiger partial charge in [-0.05, 0) is 26.2 Å². The smallest absolute Gasteiger partial charge is 0.191 e. The molecule has 1 fully saturated rings. The summed E-state index contributed by atoms with van der Waals surface area (Å²) < 4.78 is 12.2. The number of guanidine groups is 1. The lowest BCUT2D eigenvalue weighted by molar-refractivity contribution is 0.413. The molecule has 1 heterocycles. The number of hydrogen-bond acceptors (Lipinski definition) is 4. The predicted octanol–water partition coefficient (Wildman–Crippen LogP) is 4.24. The third kappa shape index (κ3) is 8.26. The molecule has 1 aliphatic rings. The summed E-state index contributed by atoms with van der Waals surface area (Å²) in [5.41, 5.74) is 1.26. The van der Waals surface area contributed by atoms with E-state index in [9.17, 15) is 4.21 Å². The Balaban J connectivity index is 0.00000392. The van der Waals surface area contributed by atoms with Crippen molar-refractivity contribution in [3.63, 3.8) is 0 Å². The number of aliphatic imine (C=N–C) groups is 1. The minimum Gasteiger partial charge on any atom is -0.357 e. The third-order valence-electron chi connectivity index (χ3n) is 4.88. The van der Waals surface area contributed by atoms with Gasteiger partial charge in [-0.3, -0.25) is 9.20 Å². The van der Waals surface area contributed by atoms with E-state index in [-0.39, 0.29) is 29.4 Å². The summed E-state index contributed by atoms with van der Waals surface area (Å²) in [5, 5.41) is 10.6. The van der Waals surface area contributed by atoms with Gasteiger partial charge in [-0.1, -0.05) is 34.1 Å². The number of hydrogen-bond donors (Lipinski definition) is 2. The average molecular weight is 541 g/mol. The van der Waals surface area contributed by atoms with Gasteiger partial charge in [-0.15, -0.1) is 35.3 Å². The molecule has 0 aliphatic heterocycles. The molecule has 3 unspecified atom stereocenters. The molecule has 8 heteroatoms. The van der Waals surface area contributed by atoms with Gasteiger partial charge in [-0.2, -0.15) is 0 Å². The van der Waals surface area contributed by atoms with Crippen LogP contribution in [-0.2, 0) is 22.6 Å². The van der Waals surface area contributed by atoms with Gasteiger partial charge in [0.2, 0.25) is 0 Å². The number of thiazole rings is 1. The van der Waals surface area contributed by atoms with Gasteiger partial charge in [0.15, 0.2) is 5.96 Å². The van der Waals surface area contributed by atoms with Gasteiger partial charge in [0.05, 0.1) is 10.7 Å². The molecule has 1 aromatic heterocycles. The minimum atomic E-state index is -0.695. The molecule has 0 radical (unpaired) electrons. The first-order valence-electron chi connectivity index (χ1n) is 10.2. The second kappa shape index (κ2) is 12.5. The van der Waals surface area contributed by atoms with Gasteiger partial charge in [0.1, 0.15) is 0 Å². The normalized spacial score (nSPS) is 21.7. The highest BCUT2D eigenvalue weighted by Crippen LogP contribution is 2.24. The largest absolute Gasteiger partial charge is 0.357 e. The van der Waals surface area contributed by atoms with Crippen LogP contribution in [0.2, 0.25) is 0 Å². The maximum absolute atomic E-state index is 12.2. The summed E-state index contributed by atoms with van der Waals surface area (Å²) >= 11 is 1.73. The Bertz CT molecular complexity index is 642. The molecule has 0 bridgehead atoms. The molecule has 162 valence electrons. The standard InChI is InChI=1S/C20H36N4OS2.HI/c1-6-21-19(23-15-9-8-10-16(13-15)27(25)7-2)22-12-11-18-24-17(14-26-18)20(3,4)5;/h14-16H,6-13H2,1-5H3,(H2,21,22,23);1H. The van der Waals surface area contributed by atoms with Crippen molar-refractivity contribution in [3.8, 4) is 0 Å². The van der Waals surface area contributed by atoms with E-state index < -0.39 is 10.8 Å². The molecule has 2 N–H and O–H groups in total. The fourth-order valence-corrected chi connectivity index (χ4v) is 5.66. The number of halogens is 1. The molecule has 0 spiro atoms.